The molecule has 3 aromatic rings. The van der Waals surface area contributed by atoms with Crippen LogP contribution in [0.5, 0.6) is 5.75 Å². The molecule has 2 aliphatic rings. The molecule has 0 radical (unpaired) electrons. The molecule has 0 fully saturated rings. The van der Waals surface area contributed by atoms with Crippen LogP contribution in [0.1, 0.15) is 42.1 Å². The minimum absolute atomic E-state index is 0.257. The van der Waals surface area contributed by atoms with Crippen molar-refractivity contribution in [2.24, 2.45) is 10.9 Å². The van der Waals surface area contributed by atoms with E-state index in [9.17, 15) is 19.5 Å². The van der Waals surface area contributed by atoms with Crippen molar-refractivity contribution in [3.05, 3.63) is 90.0 Å². The third kappa shape index (κ3) is 13.5. The second kappa shape index (κ2) is 22.9. The van der Waals surface area contributed by atoms with Gasteiger partial charge in [0.2, 0.25) is 5.91 Å². The molecular formula is C42H53N5O9. The number of fused-ring (bicyclic) bond motifs is 1. The molecule has 5 N–H and O–H groups in total. The van der Waals surface area contributed by atoms with Gasteiger partial charge in [0, 0.05) is 41.7 Å². The van der Waals surface area contributed by atoms with Gasteiger partial charge in [0.05, 0.1) is 65.8 Å². The van der Waals surface area contributed by atoms with Gasteiger partial charge >= 0.3 is 5.97 Å². The number of hydrogen-bond acceptors (Lipinski definition) is 11. The van der Waals surface area contributed by atoms with Crippen LogP contribution in [-0.2, 0) is 28.5 Å². The highest BCUT2D eigenvalue weighted by molar-refractivity contribution is 6.00. The molecule has 14 nitrogen and oxygen atoms in total. The number of amides is 2. The highest BCUT2D eigenvalue weighted by Gasteiger charge is 2.26. The van der Waals surface area contributed by atoms with Crippen molar-refractivity contribution in [1.82, 2.24) is 16.0 Å². The first kappa shape index (κ1) is 41.9. The molecule has 5 rings (SSSR count). The number of rotatable bonds is 24. The Balaban J connectivity index is 1.07. The summed E-state index contributed by atoms with van der Waals surface area (Å²) in [5.74, 6) is -0.799. The van der Waals surface area contributed by atoms with Crippen LogP contribution in [0.15, 0.2) is 83.9 Å². The molecule has 0 saturated heterocycles. The van der Waals surface area contributed by atoms with Gasteiger partial charge in [-0.25, -0.2) is 0 Å². The van der Waals surface area contributed by atoms with E-state index in [1.165, 1.54) is 0 Å². The molecule has 1 heterocycles. The normalized spacial score (nSPS) is 15.4. The number of benzene rings is 3. The molecule has 1 aliphatic carbocycles. The molecule has 0 spiro atoms. The van der Waals surface area contributed by atoms with E-state index in [1.807, 2.05) is 54.6 Å². The summed E-state index contributed by atoms with van der Waals surface area (Å²) in [7, 11) is 0. The van der Waals surface area contributed by atoms with E-state index in [-0.39, 0.29) is 18.9 Å². The lowest BCUT2D eigenvalue weighted by Crippen LogP contribution is -2.46. The summed E-state index contributed by atoms with van der Waals surface area (Å²) in [6.45, 7) is 7.87. The smallest absolute Gasteiger partial charge is 0.305 e. The molecule has 1 unspecified atom stereocenters. The lowest BCUT2D eigenvalue weighted by atomic mass is 9.85. The number of allylic oxidation sites excluding steroid dienone is 3. The average molecular weight is 772 g/mol. The van der Waals surface area contributed by atoms with Crippen molar-refractivity contribution in [1.29, 1.82) is 0 Å². The van der Waals surface area contributed by atoms with Crippen molar-refractivity contribution in [2.45, 2.75) is 32.2 Å². The van der Waals surface area contributed by atoms with Crippen LogP contribution in [-0.4, -0.2) is 114 Å². The monoisotopic (exact) mass is 771 g/mol. The first-order chi connectivity index (χ1) is 27.4. The Morgan fingerprint density at radius 2 is 1.59 bits per heavy atom. The average Bonchev–Trinajstić information content (AvgIpc) is 3.73. The Kier molecular flexibility index (Phi) is 17.2. The van der Waals surface area contributed by atoms with E-state index in [0.29, 0.717) is 83.0 Å². The fraction of sp³-hybridized carbons (Fsp3) is 0.429. The number of aliphatic carboxylic acids is 1. The van der Waals surface area contributed by atoms with Crippen LogP contribution in [0.4, 0.5) is 5.69 Å². The predicted octanol–water partition coefficient (Wildman–Crippen LogP) is 4.42. The van der Waals surface area contributed by atoms with Gasteiger partial charge in [0.1, 0.15) is 12.4 Å². The molecule has 0 aromatic heterocycles. The number of guanidine groups is 1. The van der Waals surface area contributed by atoms with Gasteiger partial charge in [-0.05, 0) is 53.6 Å². The summed E-state index contributed by atoms with van der Waals surface area (Å²) in [5, 5.41) is 23.4. The largest absolute Gasteiger partial charge is 0.491 e. The molecule has 0 saturated carbocycles. The minimum atomic E-state index is -1.03. The zero-order valence-corrected chi connectivity index (χ0v) is 31.9. The van der Waals surface area contributed by atoms with E-state index >= 15 is 0 Å². The highest BCUT2D eigenvalue weighted by atomic mass is 16.6. The van der Waals surface area contributed by atoms with Crippen LogP contribution in [0, 0.1) is 5.92 Å². The Bertz CT molecular complexity index is 1850. The predicted molar refractivity (Wildman–Crippen MR) is 215 cm³/mol. The Hall–Kier alpha value is -5.28. The van der Waals surface area contributed by atoms with Crippen LogP contribution in [0.25, 0.3) is 16.3 Å². The highest BCUT2D eigenvalue weighted by Crippen LogP contribution is 2.35. The van der Waals surface area contributed by atoms with Crippen LogP contribution in [0.2, 0.25) is 0 Å². The first-order valence-corrected chi connectivity index (χ1v) is 19.2. The maximum atomic E-state index is 13.0. The molecule has 0 bridgehead atoms. The number of nitrogens with one attached hydrogen (secondary N) is 4. The fourth-order valence-electron chi connectivity index (χ4n) is 6.28. The van der Waals surface area contributed by atoms with E-state index < -0.39 is 23.8 Å². The van der Waals surface area contributed by atoms with Gasteiger partial charge in [-0.15, -0.1) is 0 Å². The zero-order valence-electron chi connectivity index (χ0n) is 31.9. The summed E-state index contributed by atoms with van der Waals surface area (Å²) in [4.78, 5) is 41.9. The third-order valence-electron chi connectivity index (χ3n) is 9.01. The Morgan fingerprint density at radius 1 is 0.875 bits per heavy atom. The van der Waals surface area contributed by atoms with Gasteiger partial charge in [-0.3, -0.25) is 19.4 Å². The molecular weight excluding hydrogens is 718 g/mol. The lowest BCUT2D eigenvalue weighted by Gasteiger charge is -2.26. The number of carbonyl (C=O) groups excluding carboxylic acids is 2. The first-order valence-electron chi connectivity index (χ1n) is 19.2. The zero-order chi connectivity index (χ0) is 39.4. The SMILES string of the molecule is CCCOCCOCCOCCOCCOc1ccc(C2=CCC([C@H](CC(=O)O)NC(=O)CNC(=O)c3cccc(NC4=NCCN4)c3)C=C2)c2ccccc12. The van der Waals surface area contributed by atoms with Gasteiger partial charge in [0.25, 0.3) is 5.91 Å². The lowest BCUT2D eigenvalue weighted by molar-refractivity contribution is -0.138. The van der Waals surface area contributed by atoms with Crippen molar-refractivity contribution in [3.63, 3.8) is 0 Å². The van der Waals surface area contributed by atoms with Gasteiger partial charge < -0.3 is 50.1 Å². The summed E-state index contributed by atoms with van der Waals surface area (Å²) in [6.07, 6.45) is 7.23. The molecule has 3 aromatic carbocycles. The fourth-order valence-corrected chi connectivity index (χ4v) is 6.28. The van der Waals surface area contributed by atoms with Crippen LogP contribution in [0.3, 0.4) is 0 Å². The molecule has 2 atom stereocenters. The van der Waals surface area contributed by atoms with E-state index in [2.05, 4.69) is 39.3 Å². The standard InChI is InChI=1S/C42H53N5O9/c1-2-18-52-19-20-53-21-22-54-23-24-55-25-26-56-38-15-14-34(35-8-3-4-9-36(35)38)30-10-12-31(13-11-30)37(28-40(49)50)47-39(48)29-45-41(51)32-6-5-7-33(27-32)46-42-43-16-17-44-42/h3-12,14-15,27,31,37H,2,13,16-26,28-29H2,1H3,(H,45,51)(H,47,48)(H,49,50)(H2,43,44,46)/t31?,37-/m0/s1. The molecule has 14 heteroatoms. The maximum Gasteiger partial charge on any atom is 0.305 e. The second-order valence-corrected chi connectivity index (χ2v) is 13.2. The van der Waals surface area contributed by atoms with E-state index in [0.717, 1.165) is 47.2 Å². The van der Waals surface area contributed by atoms with E-state index in [1.54, 1.807) is 18.2 Å². The van der Waals surface area contributed by atoms with Gasteiger partial charge in [0.15, 0.2) is 5.96 Å². The van der Waals surface area contributed by atoms with Crippen LogP contribution >= 0.6 is 0 Å². The molecule has 56 heavy (non-hydrogen) atoms. The summed E-state index contributed by atoms with van der Waals surface area (Å²) < 4.78 is 28.2. The van der Waals surface area contributed by atoms with Gasteiger partial charge in [-0.1, -0.05) is 61.5 Å². The topological polar surface area (TPSA) is 178 Å². The van der Waals surface area contributed by atoms with Crippen LogP contribution < -0.4 is 26.0 Å². The van der Waals surface area contributed by atoms with Crippen molar-refractivity contribution < 1.29 is 43.2 Å². The number of carboxylic acids is 1. The number of nitrogens with zero attached hydrogens (tertiary/aromatic N) is 1. The Morgan fingerprint density at radius 3 is 2.25 bits per heavy atom. The molecule has 1 aliphatic heterocycles. The second-order valence-electron chi connectivity index (χ2n) is 13.2. The van der Waals surface area contributed by atoms with Gasteiger partial charge in [-0.2, -0.15) is 0 Å². The number of hydrogen-bond donors (Lipinski definition) is 5. The number of anilines is 1. The summed E-state index contributed by atoms with van der Waals surface area (Å²) in [6, 6.07) is 18.2. The maximum absolute atomic E-state index is 13.0. The van der Waals surface area contributed by atoms with Crippen molar-refractivity contribution >= 4 is 45.8 Å². The number of carbonyl (C=O) groups is 3. The number of ether oxygens (including phenoxy) is 5. The third-order valence-corrected chi connectivity index (χ3v) is 9.01. The number of aliphatic imine (C=N–C) groups is 1. The number of carboxylic acid groups (broad SMARTS) is 1. The van der Waals surface area contributed by atoms with Crippen molar-refractivity contribution in [3.8, 4) is 5.75 Å². The Labute approximate surface area is 327 Å². The quantitative estimate of drug-likeness (QED) is 0.0816. The molecule has 300 valence electrons. The minimum Gasteiger partial charge on any atom is -0.491 e. The summed E-state index contributed by atoms with van der Waals surface area (Å²) >= 11 is 0. The van der Waals surface area contributed by atoms with Crippen molar-refractivity contribution in [2.75, 3.05) is 84.4 Å². The van der Waals surface area contributed by atoms with E-state index in [4.69, 9.17) is 23.7 Å². The summed E-state index contributed by atoms with van der Waals surface area (Å²) in [5.41, 5.74) is 3.06. The molecule has 2 amide bonds.